The van der Waals surface area contributed by atoms with Gasteiger partial charge in [0.25, 0.3) is 0 Å². The largest absolute Gasteiger partial charge is 0.366 e. The van der Waals surface area contributed by atoms with Crippen molar-refractivity contribution in [1.29, 1.82) is 0 Å². The van der Waals surface area contributed by atoms with Gasteiger partial charge in [-0.2, -0.15) is 0 Å². The minimum Gasteiger partial charge on any atom is -0.366 e. The van der Waals surface area contributed by atoms with E-state index >= 15 is 0 Å². The lowest BCUT2D eigenvalue weighted by Gasteiger charge is -2.35. The van der Waals surface area contributed by atoms with Crippen molar-refractivity contribution in [3.05, 3.63) is 60.2 Å². The molecule has 0 saturated carbocycles. The number of nitrogens with zero attached hydrogens (tertiary/aromatic N) is 2. The number of hydrogen-bond acceptors (Lipinski definition) is 2. The molecule has 0 spiro atoms. The second-order valence-corrected chi connectivity index (χ2v) is 6.91. The van der Waals surface area contributed by atoms with Crippen LogP contribution in [0, 0.1) is 6.92 Å². The first-order valence-electron chi connectivity index (χ1n) is 8.73. The van der Waals surface area contributed by atoms with E-state index in [9.17, 15) is 0 Å². The molecule has 2 aromatic carbocycles. The summed E-state index contributed by atoms with van der Waals surface area (Å²) in [7, 11) is 0. The molecule has 0 bridgehead atoms. The zero-order valence-electron chi connectivity index (χ0n) is 15.2. The lowest BCUT2D eigenvalue weighted by atomic mass is 9.99. The third-order valence-electron chi connectivity index (χ3n) is 4.52. The molecule has 0 amide bonds. The molecule has 124 valence electrons. The molecule has 0 atom stereocenters. The second-order valence-electron chi connectivity index (χ2n) is 6.91. The molecule has 1 aromatic heterocycles. The lowest BCUT2D eigenvalue weighted by molar-refractivity contribution is 0.608. The van der Waals surface area contributed by atoms with E-state index in [0.717, 1.165) is 11.2 Å². The van der Waals surface area contributed by atoms with Crippen LogP contribution in [0.15, 0.2) is 54.6 Å². The Morgan fingerprint density at radius 2 is 1.38 bits per heavy atom. The van der Waals surface area contributed by atoms with Crippen molar-refractivity contribution in [1.82, 2.24) is 4.98 Å². The van der Waals surface area contributed by atoms with Crippen molar-refractivity contribution in [3.63, 3.8) is 0 Å². The molecule has 1 heterocycles. The highest BCUT2D eigenvalue weighted by Gasteiger charge is 2.22. The van der Waals surface area contributed by atoms with Gasteiger partial charge in [0, 0.05) is 23.0 Å². The van der Waals surface area contributed by atoms with Crippen molar-refractivity contribution in [2.45, 2.75) is 46.7 Å². The van der Waals surface area contributed by atoms with Gasteiger partial charge in [-0.25, -0.2) is 4.98 Å². The summed E-state index contributed by atoms with van der Waals surface area (Å²) in [6, 6.07) is 19.8. The van der Waals surface area contributed by atoms with Gasteiger partial charge in [0.2, 0.25) is 0 Å². The average molecular weight is 318 g/mol. The van der Waals surface area contributed by atoms with Gasteiger partial charge in [0.05, 0.1) is 16.9 Å². The Bertz CT molecular complexity index is 827. The molecular formula is C22H26N2. The second kappa shape index (κ2) is 6.64. The molecule has 2 heteroatoms. The fraction of sp³-hybridized carbons (Fsp3) is 0.318. The summed E-state index contributed by atoms with van der Waals surface area (Å²) in [6.45, 7) is 11.2. The molecule has 0 aliphatic heterocycles. The van der Waals surface area contributed by atoms with Crippen LogP contribution in [0.5, 0.6) is 0 Å². The van der Waals surface area contributed by atoms with E-state index in [1.165, 1.54) is 22.2 Å². The summed E-state index contributed by atoms with van der Waals surface area (Å²) in [4.78, 5) is 7.49. The number of fused-ring (bicyclic) bond motifs is 1. The van der Waals surface area contributed by atoms with Crippen LogP contribution >= 0.6 is 0 Å². The average Bonchev–Trinajstić information content (AvgIpc) is 2.57. The first-order valence-corrected chi connectivity index (χ1v) is 8.73. The smallest absolute Gasteiger partial charge is 0.0759 e. The number of para-hydroxylation sites is 1. The molecular weight excluding hydrogens is 292 g/mol. The van der Waals surface area contributed by atoms with E-state index in [2.05, 4.69) is 94.1 Å². The molecule has 24 heavy (non-hydrogen) atoms. The van der Waals surface area contributed by atoms with Crippen LogP contribution < -0.4 is 4.90 Å². The maximum absolute atomic E-state index is 4.98. The number of aromatic nitrogens is 1. The molecule has 0 radical (unpaired) electrons. The molecule has 0 aliphatic rings. The third kappa shape index (κ3) is 2.89. The number of rotatable bonds is 4. The fourth-order valence-corrected chi connectivity index (χ4v) is 3.61. The number of anilines is 1. The molecule has 0 fully saturated rings. The van der Waals surface area contributed by atoms with Crippen LogP contribution in [0.25, 0.3) is 22.2 Å². The molecule has 3 aromatic rings. The maximum Gasteiger partial charge on any atom is 0.0759 e. The highest BCUT2D eigenvalue weighted by molar-refractivity contribution is 5.97. The number of benzene rings is 2. The van der Waals surface area contributed by atoms with Crippen molar-refractivity contribution in [3.8, 4) is 11.3 Å². The van der Waals surface area contributed by atoms with Gasteiger partial charge in [0.15, 0.2) is 0 Å². The lowest BCUT2D eigenvalue weighted by Crippen LogP contribution is -2.37. The van der Waals surface area contributed by atoms with Crippen molar-refractivity contribution >= 4 is 16.6 Å². The third-order valence-corrected chi connectivity index (χ3v) is 4.52. The van der Waals surface area contributed by atoms with Gasteiger partial charge < -0.3 is 4.90 Å². The summed E-state index contributed by atoms with van der Waals surface area (Å²) in [5, 5.41) is 1.23. The van der Waals surface area contributed by atoms with E-state index in [4.69, 9.17) is 4.98 Å². The van der Waals surface area contributed by atoms with Gasteiger partial charge in [-0.1, -0.05) is 48.5 Å². The zero-order chi connectivity index (χ0) is 17.3. The van der Waals surface area contributed by atoms with Crippen LogP contribution in [0.4, 0.5) is 5.69 Å². The Morgan fingerprint density at radius 3 is 2.00 bits per heavy atom. The predicted octanol–water partition coefficient (Wildman–Crippen LogP) is 5.83. The zero-order valence-corrected chi connectivity index (χ0v) is 15.2. The molecule has 0 N–H and O–H groups in total. The quantitative estimate of drug-likeness (QED) is 0.601. The van der Waals surface area contributed by atoms with E-state index in [1.807, 2.05) is 0 Å². The van der Waals surface area contributed by atoms with Gasteiger partial charge in [0.1, 0.15) is 0 Å². The summed E-state index contributed by atoms with van der Waals surface area (Å²) in [5.74, 6) is 0. The Kier molecular flexibility index (Phi) is 4.57. The van der Waals surface area contributed by atoms with Crippen LogP contribution in [-0.2, 0) is 0 Å². The molecule has 2 nitrogen and oxygen atoms in total. The van der Waals surface area contributed by atoms with Gasteiger partial charge in [-0.15, -0.1) is 0 Å². The Morgan fingerprint density at radius 1 is 0.792 bits per heavy atom. The fourth-order valence-electron chi connectivity index (χ4n) is 3.61. The van der Waals surface area contributed by atoms with Gasteiger partial charge in [-0.05, 0) is 46.2 Å². The minimum absolute atomic E-state index is 0.429. The van der Waals surface area contributed by atoms with Crippen molar-refractivity contribution < 1.29 is 0 Å². The van der Waals surface area contributed by atoms with Gasteiger partial charge in [-0.3, -0.25) is 0 Å². The van der Waals surface area contributed by atoms with Crippen molar-refractivity contribution in [2.24, 2.45) is 0 Å². The first kappa shape index (κ1) is 16.5. The van der Waals surface area contributed by atoms with E-state index in [1.54, 1.807) is 0 Å². The normalized spacial score (nSPS) is 11.5. The van der Waals surface area contributed by atoms with Crippen LogP contribution in [0.3, 0.4) is 0 Å². The Hall–Kier alpha value is -2.35. The monoisotopic (exact) mass is 318 g/mol. The van der Waals surface area contributed by atoms with Crippen LogP contribution in [0.1, 0.15) is 33.3 Å². The summed E-state index contributed by atoms with van der Waals surface area (Å²) in [5.41, 5.74) is 5.88. The molecule has 0 saturated heterocycles. The highest BCUT2D eigenvalue weighted by atomic mass is 15.2. The van der Waals surface area contributed by atoms with Gasteiger partial charge >= 0.3 is 0 Å². The topological polar surface area (TPSA) is 16.1 Å². The van der Waals surface area contributed by atoms with E-state index < -0.39 is 0 Å². The first-order chi connectivity index (χ1) is 11.5. The molecule has 0 aliphatic carbocycles. The number of pyridine rings is 1. The maximum atomic E-state index is 4.98. The Labute approximate surface area is 145 Å². The Balaban J connectivity index is 2.36. The van der Waals surface area contributed by atoms with E-state index in [0.29, 0.717) is 12.1 Å². The van der Waals surface area contributed by atoms with Crippen LogP contribution in [0.2, 0.25) is 0 Å². The summed E-state index contributed by atoms with van der Waals surface area (Å²) in [6.07, 6.45) is 0. The number of hydrogen-bond donors (Lipinski definition) is 0. The molecule has 3 rings (SSSR count). The summed E-state index contributed by atoms with van der Waals surface area (Å²) >= 11 is 0. The standard InChI is InChI=1S/C22H26N2/c1-15(2)24(16(3)4)22-17(5)21(18-11-7-6-8-12-18)23-20-14-10-9-13-19(20)22/h6-16H,1-5H3. The highest BCUT2D eigenvalue weighted by Crippen LogP contribution is 2.37. The van der Waals surface area contributed by atoms with E-state index in [-0.39, 0.29) is 0 Å². The molecule has 0 unspecified atom stereocenters. The van der Waals surface area contributed by atoms with Crippen molar-refractivity contribution in [2.75, 3.05) is 4.90 Å². The van der Waals surface area contributed by atoms with Crippen LogP contribution in [-0.4, -0.2) is 17.1 Å². The minimum atomic E-state index is 0.429. The SMILES string of the molecule is Cc1c(-c2ccccc2)nc2ccccc2c1N(C(C)C)C(C)C. The summed E-state index contributed by atoms with van der Waals surface area (Å²) < 4.78 is 0. The predicted molar refractivity (Wildman–Crippen MR) is 105 cm³/mol.